The molecule has 0 amide bonds. The van der Waals surface area contributed by atoms with E-state index in [1.54, 1.807) is 24.3 Å². The number of hydrogen-bond donors (Lipinski definition) is 0. The van der Waals surface area contributed by atoms with E-state index in [1.807, 2.05) is 12.1 Å². The van der Waals surface area contributed by atoms with Gasteiger partial charge in [0.1, 0.15) is 32.1 Å². The Morgan fingerprint density at radius 2 is 0.658 bits per heavy atom. The molecule has 0 unspecified atom stereocenters. The molecule has 424 valence electrons. The van der Waals surface area contributed by atoms with Crippen molar-refractivity contribution in [3.8, 4) is 11.5 Å². The Hall–Kier alpha value is -5.33. The zero-order valence-corrected chi connectivity index (χ0v) is 54.0. The molecule has 79 heavy (non-hydrogen) atoms. The number of aryl methyl sites for hydroxylation is 4. The van der Waals surface area contributed by atoms with Crippen LogP contribution in [0.4, 0.5) is 0 Å². The smallest absolute Gasteiger partial charge is 0.390 e. The monoisotopic (exact) mass is 1130 g/mol. The molecule has 2 heterocycles. The van der Waals surface area contributed by atoms with Crippen LogP contribution in [-0.2, 0) is 20.7 Å². The van der Waals surface area contributed by atoms with Gasteiger partial charge < -0.3 is 25.8 Å². The van der Waals surface area contributed by atoms with Crippen LogP contribution in [0, 0.1) is 38.5 Å². The second-order valence-electron chi connectivity index (χ2n) is 27.4. The first-order valence-corrected chi connectivity index (χ1v) is 32.0. The van der Waals surface area contributed by atoms with Crippen LogP contribution in [0.2, 0.25) is 0 Å². The molecule has 8 rings (SSSR count). The largest absolute Gasteiger partial charge is 0.453 e. The number of sulfone groups is 1. The molecular weight excluding hydrogens is 1040 g/mol. The van der Waals surface area contributed by atoms with Gasteiger partial charge in [-0.25, -0.2) is 8.42 Å². The van der Waals surface area contributed by atoms with Gasteiger partial charge in [-0.2, -0.15) is 0 Å². The molecule has 0 aliphatic rings. The summed E-state index contributed by atoms with van der Waals surface area (Å²) in [6, 6.07) is 28.3. The summed E-state index contributed by atoms with van der Waals surface area (Å²) < 4.78 is 75.9. The summed E-state index contributed by atoms with van der Waals surface area (Å²) in [4.78, 5) is -0.0458. The molecule has 0 N–H and O–H groups in total. The third kappa shape index (κ3) is 12.2. The van der Waals surface area contributed by atoms with Crippen molar-refractivity contribution in [1.29, 1.82) is 0 Å². The predicted octanol–water partition coefficient (Wildman–Crippen LogP) is 22.6. The van der Waals surface area contributed by atoms with E-state index in [1.165, 1.54) is 0 Å². The van der Waals surface area contributed by atoms with E-state index < -0.39 is 37.1 Å². The van der Waals surface area contributed by atoms with Crippen molar-refractivity contribution in [1.82, 2.24) is 0 Å². The summed E-state index contributed by atoms with van der Waals surface area (Å²) in [5, 5.41) is 3.83. The zero-order valence-electron chi connectivity index (χ0n) is 51.4. The summed E-state index contributed by atoms with van der Waals surface area (Å²) in [5.41, 5.74) is 11.6. The quantitative estimate of drug-likeness (QED) is 0.106. The molecule has 6 aromatic carbocycles. The van der Waals surface area contributed by atoms with Gasteiger partial charge in [-0.15, -0.1) is 0 Å². The first-order chi connectivity index (χ1) is 36.6. The highest BCUT2D eigenvalue weighted by Crippen LogP contribution is 2.50. The van der Waals surface area contributed by atoms with Gasteiger partial charge in [-0.1, -0.05) is 185 Å². The molecule has 0 aliphatic heterocycles. The highest BCUT2D eigenvalue weighted by atomic mass is 32.2. The normalized spacial score (nSPS) is 13.1. The minimum Gasteiger partial charge on any atom is -0.390 e. The van der Waals surface area contributed by atoms with E-state index in [9.17, 15) is 0 Å². The number of rotatable bonds is 14. The van der Waals surface area contributed by atoms with E-state index in [0.717, 1.165) is 90.0 Å². The summed E-state index contributed by atoms with van der Waals surface area (Å²) >= 11 is 0. The average Bonchev–Trinajstić information content (AvgIpc) is 3.93. The Morgan fingerprint density at radius 3 is 0.886 bits per heavy atom. The SMILES string of the molecule is Cc1ccc(C(C)C)c2op(Oc3ccc(C(C)(C)CC(C)(C)C)cc3S(=O)(=O)c3cc(C(C)(C)CC(C)(C)C)ccc3Op3oc4c(C(C)C)ccc(C)c4c4c(C)ccc(C(C)C)c4o3)oc3c(C(C)C)ccc(C)c3c12. The standard InChI is InChI=1S/C68H88O8P2S/c1-39(2)49-29-23-43(9)57-58-44(10)24-30-50(40(3)4)62(58)74-77(73-61(49)57)71-53-33-27-47(67(19,20)37-65(13,14)15)35-55(53)79(69,70)56-36-48(68(21,22)38-66(16,17)18)28-34-54(56)72-78-75-63-51(41(5)6)31-25-45(11)59(63)60-46(12)26-32-52(42(7)8)64(60)76-78/h23-36,39-42H,37-38H2,1-22H3. The van der Waals surface area contributed by atoms with Crippen LogP contribution in [0.3, 0.4) is 0 Å². The second kappa shape index (κ2) is 21.9. The minimum atomic E-state index is -4.58. The molecule has 0 spiro atoms. The van der Waals surface area contributed by atoms with Crippen molar-refractivity contribution in [3.05, 3.63) is 141 Å². The van der Waals surface area contributed by atoms with Gasteiger partial charge in [-0.05, 0) is 166 Å². The van der Waals surface area contributed by atoms with Gasteiger partial charge in [0.25, 0.3) is 0 Å². The molecule has 0 saturated heterocycles. The summed E-state index contributed by atoms with van der Waals surface area (Å²) in [6.45, 7) is 47.6. The molecule has 0 fully saturated rings. The molecule has 0 aliphatic carbocycles. The Balaban J connectivity index is 1.47. The molecule has 11 heteroatoms. The lowest BCUT2D eigenvalue weighted by Gasteiger charge is -2.33. The van der Waals surface area contributed by atoms with Crippen molar-refractivity contribution in [2.24, 2.45) is 10.8 Å². The maximum atomic E-state index is 16.7. The number of fused-ring (bicyclic) bond motifs is 6. The second-order valence-corrected chi connectivity index (χ2v) is 31.3. The van der Waals surface area contributed by atoms with E-state index in [2.05, 4.69) is 201 Å². The molecule has 0 bridgehead atoms. The minimum absolute atomic E-state index is 0.0229. The third-order valence-electron chi connectivity index (χ3n) is 15.6. The van der Waals surface area contributed by atoms with Gasteiger partial charge in [0.15, 0.2) is 11.5 Å². The van der Waals surface area contributed by atoms with Crippen molar-refractivity contribution in [2.45, 2.75) is 209 Å². The average molecular weight is 1130 g/mol. The lowest BCUT2D eigenvalue weighted by atomic mass is 9.72. The zero-order chi connectivity index (χ0) is 58.2. The molecule has 8 aromatic rings. The Bertz CT molecular complexity index is 3440. The molecule has 0 radical (unpaired) electrons. The first-order valence-electron chi connectivity index (χ1n) is 28.4. The molecule has 2 aromatic heterocycles. The van der Waals surface area contributed by atoms with E-state index in [0.29, 0.717) is 22.3 Å². The van der Waals surface area contributed by atoms with Crippen LogP contribution >= 0.6 is 16.5 Å². The summed E-state index contributed by atoms with van der Waals surface area (Å²) in [7, 11) is -9.21. The van der Waals surface area contributed by atoms with Gasteiger partial charge in [0.05, 0.1) is 0 Å². The Morgan fingerprint density at radius 1 is 0.405 bits per heavy atom. The summed E-state index contributed by atoms with van der Waals surface area (Å²) in [5.74, 6) is 0.616. The third-order valence-corrected chi connectivity index (χ3v) is 19.4. The lowest BCUT2D eigenvalue weighted by molar-refractivity contribution is 0.283. The van der Waals surface area contributed by atoms with Crippen LogP contribution < -0.4 is 9.05 Å². The Kier molecular flexibility index (Phi) is 16.5. The molecule has 8 nitrogen and oxygen atoms in total. The van der Waals surface area contributed by atoms with Crippen molar-refractivity contribution < 1.29 is 34.3 Å². The van der Waals surface area contributed by atoms with Crippen molar-refractivity contribution in [2.75, 3.05) is 0 Å². The van der Waals surface area contributed by atoms with E-state index in [-0.39, 0.29) is 55.8 Å². The number of hydrogen-bond acceptors (Lipinski definition) is 8. The van der Waals surface area contributed by atoms with Gasteiger partial charge in [-0.3, -0.25) is 0 Å². The molecular formula is C68H88O8P2S. The predicted molar refractivity (Wildman–Crippen MR) is 333 cm³/mol. The number of benzene rings is 6. The van der Waals surface area contributed by atoms with Gasteiger partial charge in [0.2, 0.25) is 9.84 Å². The van der Waals surface area contributed by atoms with Crippen molar-refractivity contribution in [3.63, 3.8) is 0 Å². The first kappa shape index (κ1) is 59.8. The summed E-state index contributed by atoms with van der Waals surface area (Å²) in [6.07, 6.45) is 1.56. The van der Waals surface area contributed by atoms with Crippen LogP contribution in [-0.4, -0.2) is 8.42 Å². The van der Waals surface area contributed by atoms with E-state index in [4.69, 9.17) is 25.8 Å². The van der Waals surface area contributed by atoms with Crippen LogP contribution in [0.25, 0.3) is 43.9 Å². The Labute approximate surface area is 474 Å². The highest BCUT2D eigenvalue weighted by Gasteiger charge is 2.36. The lowest BCUT2D eigenvalue weighted by Crippen LogP contribution is -2.25. The van der Waals surface area contributed by atoms with Gasteiger partial charge in [0, 0.05) is 21.5 Å². The molecule has 0 atom stereocenters. The van der Waals surface area contributed by atoms with Crippen LogP contribution in [0.5, 0.6) is 11.5 Å². The fraction of sp³-hybridized carbons (Fsp3) is 0.471. The fourth-order valence-corrected chi connectivity index (χ4v) is 16.1. The van der Waals surface area contributed by atoms with E-state index >= 15 is 8.42 Å². The van der Waals surface area contributed by atoms with Crippen molar-refractivity contribution >= 4 is 70.2 Å². The molecule has 0 saturated carbocycles. The van der Waals surface area contributed by atoms with Crippen LogP contribution in [0.1, 0.15) is 217 Å². The maximum Gasteiger partial charge on any atom is 0.453 e. The topological polar surface area (TPSA) is 105 Å². The fourth-order valence-electron chi connectivity index (χ4n) is 12.2. The van der Waals surface area contributed by atoms with Crippen LogP contribution in [0.15, 0.2) is 112 Å². The van der Waals surface area contributed by atoms with Gasteiger partial charge >= 0.3 is 16.5 Å². The maximum absolute atomic E-state index is 16.7. The highest BCUT2D eigenvalue weighted by molar-refractivity contribution is 7.91.